The summed E-state index contributed by atoms with van der Waals surface area (Å²) in [6, 6.07) is 4.47. The zero-order chi connectivity index (χ0) is 17.6. The molecule has 1 saturated heterocycles. The zero-order valence-electron chi connectivity index (χ0n) is 14.0. The van der Waals surface area contributed by atoms with Crippen molar-refractivity contribution in [2.45, 2.75) is 44.1 Å². The van der Waals surface area contributed by atoms with Crippen molar-refractivity contribution in [1.29, 1.82) is 0 Å². The molecule has 2 aliphatic rings. The number of nitrogens with one attached hydrogen (secondary N) is 1. The molecule has 2 N–H and O–H groups in total. The van der Waals surface area contributed by atoms with Crippen molar-refractivity contribution in [3.05, 3.63) is 23.8 Å². The standard InChI is InChI=1S/C16H23NO6S/c1-15(2,3)10-23-24(19,20)11-5-6-13-12(9-11)16(14(18)17-13)21-7-4-8-22-16/h5-6,9,14,17-18H,4,7-8,10H2,1-3H3. The van der Waals surface area contributed by atoms with Crippen molar-refractivity contribution in [1.82, 2.24) is 0 Å². The Hall–Kier alpha value is -1.19. The lowest BCUT2D eigenvalue weighted by Crippen LogP contribution is -2.46. The minimum atomic E-state index is -3.91. The second-order valence-electron chi connectivity index (χ2n) is 7.25. The number of aliphatic hydroxyl groups excluding tert-OH is 1. The van der Waals surface area contributed by atoms with Crippen LogP contribution in [0.15, 0.2) is 23.1 Å². The normalized spacial score (nSPS) is 23.1. The molecule has 1 unspecified atom stereocenters. The van der Waals surface area contributed by atoms with E-state index in [0.717, 1.165) is 6.42 Å². The predicted octanol–water partition coefficient (Wildman–Crippen LogP) is 1.77. The maximum Gasteiger partial charge on any atom is 0.297 e. The molecule has 0 amide bonds. The van der Waals surface area contributed by atoms with Crippen LogP contribution in [0.4, 0.5) is 5.69 Å². The smallest absolute Gasteiger partial charge is 0.297 e. The molecule has 3 rings (SSSR count). The summed E-state index contributed by atoms with van der Waals surface area (Å²) in [5.41, 5.74) is 0.771. The molecular formula is C16H23NO6S. The van der Waals surface area contributed by atoms with E-state index in [2.05, 4.69) is 5.32 Å². The number of rotatable bonds is 3. The van der Waals surface area contributed by atoms with Gasteiger partial charge in [-0.3, -0.25) is 4.18 Å². The van der Waals surface area contributed by atoms with Crippen LogP contribution in [0.1, 0.15) is 32.8 Å². The molecule has 1 atom stereocenters. The summed E-state index contributed by atoms with van der Waals surface area (Å²) in [6.45, 7) is 6.61. The van der Waals surface area contributed by atoms with Crippen LogP contribution in [-0.2, 0) is 29.6 Å². The molecule has 1 aromatic carbocycles. The van der Waals surface area contributed by atoms with Crippen LogP contribution in [0.5, 0.6) is 0 Å². The van der Waals surface area contributed by atoms with Gasteiger partial charge in [-0.2, -0.15) is 8.42 Å². The number of aliphatic hydroxyl groups is 1. The van der Waals surface area contributed by atoms with Crippen LogP contribution in [0.25, 0.3) is 0 Å². The van der Waals surface area contributed by atoms with Gasteiger partial charge in [0.15, 0.2) is 6.23 Å². The molecule has 0 aliphatic carbocycles. The second kappa shape index (κ2) is 5.96. The Kier molecular flexibility index (Phi) is 4.38. The summed E-state index contributed by atoms with van der Waals surface area (Å²) in [6.07, 6.45) is -0.377. The third-order valence-corrected chi connectivity index (χ3v) is 5.14. The van der Waals surface area contributed by atoms with Crippen LogP contribution in [-0.4, -0.2) is 39.6 Å². The Bertz CT molecular complexity index is 719. The van der Waals surface area contributed by atoms with Gasteiger partial charge in [-0.05, 0) is 30.0 Å². The fourth-order valence-corrected chi connectivity index (χ4v) is 3.81. The molecule has 0 aromatic heterocycles. The van der Waals surface area contributed by atoms with Crippen molar-refractivity contribution in [2.75, 3.05) is 25.1 Å². The Morgan fingerprint density at radius 3 is 2.62 bits per heavy atom. The van der Waals surface area contributed by atoms with Crippen LogP contribution < -0.4 is 5.32 Å². The van der Waals surface area contributed by atoms with E-state index < -0.39 is 22.1 Å². The fourth-order valence-electron chi connectivity index (χ4n) is 2.67. The van der Waals surface area contributed by atoms with Crippen molar-refractivity contribution in [2.24, 2.45) is 5.41 Å². The van der Waals surface area contributed by atoms with Gasteiger partial charge < -0.3 is 19.9 Å². The number of hydrogen-bond acceptors (Lipinski definition) is 7. The first-order valence-corrected chi connectivity index (χ1v) is 9.31. The van der Waals surface area contributed by atoms with E-state index >= 15 is 0 Å². The highest BCUT2D eigenvalue weighted by molar-refractivity contribution is 7.86. The van der Waals surface area contributed by atoms with E-state index in [1.165, 1.54) is 12.1 Å². The van der Waals surface area contributed by atoms with E-state index in [9.17, 15) is 13.5 Å². The number of anilines is 1. The molecule has 24 heavy (non-hydrogen) atoms. The lowest BCUT2D eigenvalue weighted by atomic mass is 9.99. The summed E-state index contributed by atoms with van der Waals surface area (Å²) >= 11 is 0. The first-order chi connectivity index (χ1) is 11.1. The molecule has 0 saturated carbocycles. The minimum Gasteiger partial charge on any atom is -0.368 e. The fraction of sp³-hybridized carbons (Fsp3) is 0.625. The van der Waals surface area contributed by atoms with Crippen molar-refractivity contribution in [3.63, 3.8) is 0 Å². The Morgan fingerprint density at radius 2 is 2.00 bits per heavy atom. The Labute approximate surface area is 142 Å². The first kappa shape index (κ1) is 17.6. The highest BCUT2D eigenvalue weighted by Crippen LogP contribution is 2.44. The van der Waals surface area contributed by atoms with Gasteiger partial charge in [0.1, 0.15) is 0 Å². The van der Waals surface area contributed by atoms with Crippen LogP contribution >= 0.6 is 0 Å². The third kappa shape index (κ3) is 3.16. The molecule has 0 radical (unpaired) electrons. The topological polar surface area (TPSA) is 94.1 Å². The van der Waals surface area contributed by atoms with Gasteiger partial charge in [-0.25, -0.2) is 0 Å². The molecule has 1 aromatic rings. The summed E-state index contributed by atoms with van der Waals surface area (Å²) in [5, 5.41) is 13.2. The summed E-state index contributed by atoms with van der Waals surface area (Å²) < 4.78 is 41.4. The van der Waals surface area contributed by atoms with E-state index in [1.807, 2.05) is 20.8 Å². The molecule has 8 heteroatoms. The van der Waals surface area contributed by atoms with Gasteiger partial charge in [0, 0.05) is 11.3 Å². The molecular weight excluding hydrogens is 334 g/mol. The van der Waals surface area contributed by atoms with Gasteiger partial charge in [-0.1, -0.05) is 20.8 Å². The number of hydrogen-bond donors (Lipinski definition) is 2. The summed E-state index contributed by atoms with van der Waals surface area (Å²) in [7, 11) is -3.91. The highest BCUT2D eigenvalue weighted by Gasteiger charge is 2.51. The predicted molar refractivity (Wildman–Crippen MR) is 86.9 cm³/mol. The quantitative estimate of drug-likeness (QED) is 0.796. The van der Waals surface area contributed by atoms with Gasteiger partial charge in [0.25, 0.3) is 10.1 Å². The van der Waals surface area contributed by atoms with Crippen LogP contribution in [0.2, 0.25) is 0 Å². The SMILES string of the molecule is CC(C)(C)COS(=O)(=O)c1ccc2c(c1)C1(OCCCO1)C(O)N2. The van der Waals surface area contributed by atoms with Crippen LogP contribution in [0.3, 0.4) is 0 Å². The van der Waals surface area contributed by atoms with E-state index in [-0.39, 0.29) is 16.9 Å². The monoisotopic (exact) mass is 357 g/mol. The first-order valence-electron chi connectivity index (χ1n) is 7.91. The maximum absolute atomic E-state index is 12.4. The molecule has 0 bridgehead atoms. The zero-order valence-corrected chi connectivity index (χ0v) is 14.9. The molecule has 2 aliphatic heterocycles. The molecule has 7 nitrogen and oxygen atoms in total. The number of benzene rings is 1. The largest absolute Gasteiger partial charge is 0.368 e. The van der Waals surface area contributed by atoms with E-state index in [4.69, 9.17) is 13.7 Å². The van der Waals surface area contributed by atoms with Gasteiger partial charge in [0.2, 0.25) is 5.79 Å². The minimum absolute atomic E-state index is 0.0125. The summed E-state index contributed by atoms with van der Waals surface area (Å²) in [5.74, 6) is -1.37. The van der Waals surface area contributed by atoms with Gasteiger partial charge in [-0.15, -0.1) is 0 Å². The summed E-state index contributed by atoms with van der Waals surface area (Å²) in [4.78, 5) is 0.0125. The van der Waals surface area contributed by atoms with Crippen LogP contribution in [0, 0.1) is 5.41 Å². The van der Waals surface area contributed by atoms with E-state index in [0.29, 0.717) is 24.5 Å². The number of fused-ring (bicyclic) bond motifs is 2. The molecule has 2 heterocycles. The lowest BCUT2D eigenvalue weighted by Gasteiger charge is -2.36. The lowest BCUT2D eigenvalue weighted by molar-refractivity contribution is -0.307. The molecule has 134 valence electrons. The van der Waals surface area contributed by atoms with Crippen molar-refractivity contribution < 1.29 is 27.2 Å². The van der Waals surface area contributed by atoms with Gasteiger partial charge in [0.05, 0.1) is 24.7 Å². The Balaban J connectivity index is 1.94. The number of ether oxygens (including phenoxy) is 2. The highest BCUT2D eigenvalue weighted by atomic mass is 32.2. The average Bonchev–Trinajstić information content (AvgIpc) is 2.78. The Morgan fingerprint density at radius 1 is 1.33 bits per heavy atom. The average molecular weight is 357 g/mol. The van der Waals surface area contributed by atoms with E-state index in [1.54, 1.807) is 6.07 Å². The maximum atomic E-state index is 12.4. The van der Waals surface area contributed by atoms with Crippen molar-refractivity contribution in [3.8, 4) is 0 Å². The molecule has 1 spiro atoms. The molecule has 1 fully saturated rings. The third-order valence-electron chi connectivity index (χ3n) is 3.88. The van der Waals surface area contributed by atoms with Crippen molar-refractivity contribution >= 4 is 15.8 Å². The van der Waals surface area contributed by atoms with Gasteiger partial charge >= 0.3 is 0 Å². The second-order valence-corrected chi connectivity index (χ2v) is 8.86.